The fraction of sp³-hybridized carbons (Fsp3) is 0.389. The van der Waals surface area contributed by atoms with E-state index in [1.54, 1.807) is 6.20 Å². The number of hydrogen-bond acceptors (Lipinski definition) is 4. The van der Waals surface area contributed by atoms with E-state index in [-0.39, 0.29) is 12.1 Å². The maximum Gasteiger partial charge on any atom is 0.137 e. The van der Waals surface area contributed by atoms with Crippen molar-refractivity contribution in [2.24, 2.45) is 5.92 Å². The summed E-state index contributed by atoms with van der Waals surface area (Å²) in [5, 5.41) is 24.6. The van der Waals surface area contributed by atoms with Gasteiger partial charge in [0.05, 0.1) is 30.8 Å². The van der Waals surface area contributed by atoms with Crippen molar-refractivity contribution in [2.45, 2.75) is 37.8 Å². The van der Waals surface area contributed by atoms with Crippen molar-refractivity contribution >= 4 is 11.0 Å². The molecule has 122 valence electrons. The number of nitrogens with one attached hydrogen (secondary N) is 1. The molecule has 3 aromatic rings. The highest BCUT2D eigenvalue weighted by atomic mass is 16.3. The minimum atomic E-state index is -0.245. The lowest BCUT2D eigenvalue weighted by atomic mass is 9.96. The van der Waals surface area contributed by atoms with Crippen molar-refractivity contribution in [3.05, 3.63) is 36.9 Å². The van der Waals surface area contributed by atoms with Gasteiger partial charge in [-0.2, -0.15) is 10.4 Å². The number of aliphatic hydroxyl groups excluding tert-OH is 1. The van der Waals surface area contributed by atoms with E-state index in [0.29, 0.717) is 12.3 Å². The van der Waals surface area contributed by atoms with E-state index in [1.165, 1.54) is 0 Å². The maximum atomic E-state index is 9.82. The standard InChI is InChI=1S/C18H19N5O/c19-6-3-17(12-1-2-14(24)9-12)23-11-13(10-22-23)15-4-7-20-18-16(15)5-8-21-18/h4-5,7-8,10-12,14,17,24H,1-3,9H2,(H,20,21)/t12?,14?,17-/m1/s1. The average molecular weight is 321 g/mol. The first-order valence-electron chi connectivity index (χ1n) is 8.28. The fourth-order valence-electron chi connectivity index (χ4n) is 3.78. The molecule has 0 bridgehead atoms. The van der Waals surface area contributed by atoms with Crippen molar-refractivity contribution in [1.29, 1.82) is 5.26 Å². The number of hydrogen-bond donors (Lipinski definition) is 2. The molecule has 1 aliphatic rings. The van der Waals surface area contributed by atoms with Crippen LogP contribution in [-0.4, -0.2) is 31.0 Å². The smallest absolute Gasteiger partial charge is 0.137 e. The van der Waals surface area contributed by atoms with Gasteiger partial charge in [0.1, 0.15) is 5.65 Å². The van der Waals surface area contributed by atoms with Crippen LogP contribution < -0.4 is 0 Å². The number of aromatic nitrogens is 4. The molecule has 1 saturated carbocycles. The Bertz CT molecular complexity index is 890. The van der Waals surface area contributed by atoms with Crippen molar-refractivity contribution in [2.75, 3.05) is 0 Å². The molecule has 4 rings (SSSR count). The number of fused-ring (bicyclic) bond motifs is 1. The summed E-state index contributed by atoms with van der Waals surface area (Å²) in [6.07, 6.45) is 10.2. The summed E-state index contributed by atoms with van der Waals surface area (Å²) in [5.41, 5.74) is 2.95. The molecule has 0 saturated heterocycles. The van der Waals surface area contributed by atoms with E-state index in [9.17, 15) is 10.4 Å². The van der Waals surface area contributed by atoms with Crippen LogP contribution in [0.2, 0.25) is 0 Å². The number of pyridine rings is 1. The average Bonchev–Trinajstić information content (AvgIpc) is 3.32. The molecule has 2 unspecified atom stereocenters. The third kappa shape index (κ3) is 2.57. The Balaban J connectivity index is 1.68. The van der Waals surface area contributed by atoms with E-state index in [0.717, 1.165) is 41.4 Å². The number of aliphatic hydroxyl groups is 1. The molecule has 0 spiro atoms. The van der Waals surface area contributed by atoms with Gasteiger partial charge in [0.2, 0.25) is 0 Å². The minimum absolute atomic E-state index is 0.0180. The number of nitriles is 1. The number of nitrogens with zero attached hydrogens (tertiary/aromatic N) is 4. The van der Waals surface area contributed by atoms with Crippen LogP contribution in [0.1, 0.15) is 31.7 Å². The molecule has 0 amide bonds. The fourth-order valence-corrected chi connectivity index (χ4v) is 3.78. The van der Waals surface area contributed by atoms with Gasteiger partial charge in [0.25, 0.3) is 0 Å². The molecule has 3 aromatic heterocycles. The van der Waals surface area contributed by atoms with Crippen LogP contribution in [0.25, 0.3) is 22.2 Å². The molecule has 6 heteroatoms. The van der Waals surface area contributed by atoms with Gasteiger partial charge in [-0.15, -0.1) is 0 Å². The molecule has 3 atom stereocenters. The summed E-state index contributed by atoms with van der Waals surface area (Å²) in [4.78, 5) is 7.44. The van der Waals surface area contributed by atoms with E-state index in [2.05, 4.69) is 21.1 Å². The molecule has 6 nitrogen and oxygen atoms in total. The van der Waals surface area contributed by atoms with Gasteiger partial charge in [-0.1, -0.05) is 0 Å². The molecule has 1 fully saturated rings. The molecule has 0 aliphatic heterocycles. The summed E-state index contributed by atoms with van der Waals surface area (Å²) >= 11 is 0. The van der Waals surface area contributed by atoms with Crippen molar-refractivity contribution in [3.8, 4) is 17.2 Å². The van der Waals surface area contributed by atoms with Crippen LogP contribution >= 0.6 is 0 Å². The SMILES string of the molecule is N#CC[C@H](C1CCC(O)C1)n1cc(-c2ccnc3[nH]ccc23)cn1. The Hall–Kier alpha value is -2.65. The molecule has 0 aromatic carbocycles. The summed E-state index contributed by atoms with van der Waals surface area (Å²) < 4.78 is 1.90. The summed E-state index contributed by atoms with van der Waals surface area (Å²) in [6.45, 7) is 0. The highest BCUT2D eigenvalue weighted by Gasteiger charge is 2.31. The monoisotopic (exact) mass is 321 g/mol. The molecule has 1 aliphatic carbocycles. The van der Waals surface area contributed by atoms with E-state index in [4.69, 9.17) is 0 Å². The number of aromatic amines is 1. The Morgan fingerprint density at radius 2 is 2.33 bits per heavy atom. The summed E-state index contributed by atoms with van der Waals surface area (Å²) in [5.74, 6) is 0.303. The lowest BCUT2D eigenvalue weighted by Crippen LogP contribution is -2.18. The van der Waals surface area contributed by atoms with E-state index < -0.39 is 0 Å². The van der Waals surface area contributed by atoms with Gasteiger partial charge >= 0.3 is 0 Å². The zero-order valence-corrected chi connectivity index (χ0v) is 13.3. The van der Waals surface area contributed by atoms with Crippen LogP contribution in [0, 0.1) is 17.2 Å². The van der Waals surface area contributed by atoms with Crippen molar-refractivity contribution < 1.29 is 5.11 Å². The predicted octanol–water partition coefficient (Wildman–Crippen LogP) is 3.04. The molecular weight excluding hydrogens is 302 g/mol. The summed E-state index contributed by atoms with van der Waals surface area (Å²) in [6, 6.07) is 6.28. The second-order valence-corrected chi connectivity index (χ2v) is 6.46. The Kier molecular flexibility index (Phi) is 3.79. The van der Waals surface area contributed by atoms with Crippen LogP contribution in [0.4, 0.5) is 0 Å². The zero-order valence-electron chi connectivity index (χ0n) is 13.3. The highest BCUT2D eigenvalue weighted by molar-refractivity contribution is 5.92. The Labute approximate surface area is 139 Å². The van der Waals surface area contributed by atoms with Gasteiger partial charge < -0.3 is 10.1 Å². The predicted molar refractivity (Wildman–Crippen MR) is 89.9 cm³/mol. The minimum Gasteiger partial charge on any atom is -0.393 e. The molecule has 2 N–H and O–H groups in total. The zero-order chi connectivity index (χ0) is 16.5. The lowest BCUT2D eigenvalue weighted by molar-refractivity contribution is 0.170. The molecule has 0 radical (unpaired) electrons. The van der Waals surface area contributed by atoms with Crippen LogP contribution in [-0.2, 0) is 0 Å². The van der Waals surface area contributed by atoms with Crippen LogP contribution in [0.5, 0.6) is 0 Å². The number of H-pyrrole nitrogens is 1. The first-order chi connectivity index (χ1) is 11.8. The lowest BCUT2D eigenvalue weighted by Gasteiger charge is -2.21. The third-order valence-corrected chi connectivity index (χ3v) is 5.00. The van der Waals surface area contributed by atoms with E-state index in [1.807, 2.05) is 35.4 Å². The maximum absolute atomic E-state index is 9.82. The molecule has 24 heavy (non-hydrogen) atoms. The number of rotatable bonds is 4. The topological polar surface area (TPSA) is 90.5 Å². The molecular formula is C18H19N5O. The van der Waals surface area contributed by atoms with Crippen molar-refractivity contribution in [1.82, 2.24) is 19.7 Å². The van der Waals surface area contributed by atoms with Gasteiger partial charge in [0.15, 0.2) is 0 Å². The van der Waals surface area contributed by atoms with Crippen molar-refractivity contribution in [3.63, 3.8) is 0 Å². The normalized spacial score (nSPS) is 21.8. The Morgan fingerprint density at radius 3 is 3.12 bits per heavy atom. The van der Waals surface area contributed by atoms with Crippen LogP contribution in [0.15, 0.2) is 36.9 Å². The molecule has 3 heterocycles. The van der Waals surface area contributed by atoms with Gasteiger partial charge in [-0.3, -0.25) is 4.68 Å². The second kappa shape index (κ2) is 6.10. The quantitative estimate of drug-likeness (QED) is 0.772. The largest absolute Gasteiger partial charge is 0.393 e. The summed E-state index contributed by atoms with van der Waals surface area (Å²) in [7, 11) is 0. The first-order valence-corrected chi connectivity index (χ1v) is 8.28. The van der Waals surface area contributed by atoms with E-state index >= 15 is 0 Å². The highest BCUT2D eigenvalue weighted by Crippen LogP contribution is 2.37. The van der Waals surface area contributed by atoms with Gasteiger partial charge in [-0.25, -0.2) is 4.98 Å². The second-order valence-electron chi connectivity index (χ2n) is 6.46. The Morgan fingerprint density at radius 1 is 1.42 bits per heavy atom. The third-order valence-electron chi connectivity index (χ3n) is 5.00. The van der Waals surface area contributed by atoms with Gasteiger partial charge in [-0.05, 0) is 42.9 Å². The van der Waals surface area contributed by atoms with Crippen LogP contribution in [0.3, 0.4) is 0 Å². The van der Waals surface area contributed by atoms with Gasteiger partial charge in [0, 0.05) is 29.5 Å². The first kappa shape index (κ1) is 14.9.